The van der Waals surface area contributed by atoms with E-state index in [0.29, 0.717) is 5.75 Å². The third-order valence-corrected chi connectivity index (χ3v) is 3.28. The second kappa shape index (κ2) is 5.56. The number of aromatic carboxylic acids is 1. The highest BCUT2D eigenvalue weighted by atomic mass is 16.5. The molecule has 1 heterocycles. The molecule has 2 rings (SSSR count). The second-order valence-electron chi connectivity index (χ2n) is 6.01. The maximum Gasteiger partial charge on any atom is 0.339 e. The molecule has 0 unspecified atom stereocenters. The Labute approximate surface area is 124 Å². The molecule has 0 aliphatic carbocycles. The number of hydrogen-bond donors (Lipinski definition) is 1. The van der Waals surface area contributed by atoms with Crippen molar-refractivity contribution in [3.63, 3.8) is 0 Å². The van der Waals surface area contributed by atoms with E-state index in [9.17, 15) is 4.79 Å². The number of carbonyl (C=O) groups is 1. The van der Waals surface area contributed by atoms with Crippen molar-refractivity contribution in [3.8, 4) is 11.5 Å². The Morgan fingerprint density at radius 3 is 2.48 bits per heavy atom. The number of rotatable bonds is 3. The number of ether oxygens (including phenoxy) is 1. The van der Waals surface area contributed by atoms with E-state index in [4.69, 9.17) is 9.84 Å². The summed E-state index contributed by atoms with van der Waals surface area (Å²) in [6.45, 7) is 8.38. The van der Waals surface area contributed by atoms with Gasteiger partial charge in [-0.3, -0.25) is 4.98 Å². The Hall–Kier alpha value is -2.36. The van der Waals surface area contributed by atoms with Crippen LogP contribution in [0.3, 0.4) is 0 Å². The van der Waals surface area contributed by atoms with Crippen LogP contribution in [0, 0.1) is 6.92 Å². The molecule has 0 fully saturated rings. The second-order valence-corrected chi connectivity index (χ2v) is 6.01. The molecule has 0 atom stereocenters. The van der Waals surface area contributed by atoms with Crippen LogP contribution in [-0.4, -0.2) is 16.1 Å². The van der Waals surface area contributed by atoms with E-state index in [1.54, 1.807) is 0 Å². The molecule has 4 nitrogen and oxygen atoms in total. The van der Waals surface area contributed by atoms with Crippen LogP contribution in [0.25, 0.3) is 0 Å². The third-order valence-electron chi connectivity index (χ3n) is 3.28. The van der Waals surface area contributed by atoms with Gasteiger partial charge in [0.05, 0.1) is 6.20 Å². The van der Waals surface area contributed by atoms with Crippen LogP contribution >= 0.6 is 0 Å². The number of carboxylic acids is 1. The molecule has 0 bridgehead atoms. The highest BCUT2D eigenvalue weighted by molar-refractivity contribution is 5.90. The molecule has 110 valence electrons. The van der Waals surface area contributed by atoms with Gasteiger partial charge in [0.15, 0.2) is 5.75 Å². The highest BCUT2D eigenvalue weighted by Gasteiger charge is 2.16. The van der Waals surface area contributed by atoms with Crippen molar-refractivity contribution in [2.24, 2.45) is 0 Å². The van der Waals surface area contributed by atoms with E-state index in [-0.39, 0.29) is 16.7 Å². The fraction of sp³-hybridized carbons (Fsp3) is 0.294. The zero-order valence-corrected chi connectivity index (χ0v) is 12.7. The summed E-state index contributed by atoms with van der Waals surface area (Å²) in [5.41, 5.74) is 2.33. The number of hydrogen-bond acceptors (Lipinski definition) is 3. The van der Waals surface area contributed by atoms with E-state index in [1.165, 1.54) is 24.0 Å². The van der Waals surface area contributed by atoms with E-state index < -0.39 is 5.97 Å². The number of pyridine rings is 1. The first kappa shape index (κ1) is 15.0. The van der Waals surface area contributed by atoms with Gasteiger partial charge in [0, 0.05) is 6.20 Å². The normalized spacial score (nSPS) is 11.2. The quantitative estimate of drug-likeness (QED) is 0.919. The third kappa shape index (κ3) is 3.40. The van der Waals surface area contributed by atoms with Crippen LogP contribution in [0.2, 0.25) is 0 Å². The van der Waals surface area contributed by atoms with Gasteiger partial charge in [-0.05, 0) is 35.6 Å². The van der Waals surface area contributed by atoms with E-state index in [2.05, 4.69) is 31.8 Å². The molecule has 0 spiro atoms. The lowest BCUT2D eigenvalue weighted by molar-refractivity contribution is 0.0694. The highest BCUT2D eigenvalue weighted by Crippen LogP contribution is 2.31. The Bertz CT molecular complexity index is 672. The minimum absolute atomic E-state index is 0.0593. The topological polar surface area (TPSA) is 59.4 Å². The maximum atomic E-state index is 11.2. The van der Waals surface area contributed by atoms with Gasteiger partial charge in [0.25, 0.3) is 0 Å². The zero-order valence-electron chi connectivity index (χ0n) is 12.7. The van der Waals surface area contributed by atoms with E-state index in [0.717, 1.165) is 5.56 Å². The van der Waals surface area contributed by atoms with Gasteiger partial charge >= 0.3 is 5.97 Å². The largest absolute Gasteiger partial charge is 0.478 e. The molecule has 0 aliphatic rings. The lowest BCUT2D eigenvalue weighted by Gasteiger charge is -2.20. The van der Waals surface area contributed by atoms with Crippen LogP contribution in [0.1, 0.15) is 42.3 Å². The number of carboxylic acid groups (broad SMARTS) is 1. The summed E-state index contributed by atoms with van der Waals surface area (Å²) in [4.78, 5) is 15.1. The van der Waals surface area contributed by atoms with Crippen LogP contribution in [0.5, 0.6) is 11.5 Å². The van der Waals surface area contributed by atoms with Crippen LogP contribution in [0.4, 0.5) is 0 Å². The lowest BCUT2D eigenvalue weighted by atomic mass is 9.86. The summed E-state index contributed by atoms with van der Waals surface area (Å²) in [6, 6.07) is 7.36. The molecule has 21 heavy (non-hydrogen) atoms. The van der Waals surface area contributed by atoms with Gasteiger partial charge in [-0.25, -0.2) is 4.79 Å². The molecule has 0 amide bonds. The van der Waals surface area contributed by atoms with Crippen LogP contribution < -0.4 is 4.74 Å². The lowest BCUT2D eigenvalue weighted by Crippen LogP contribution is -2.11. The fourth-order valence-corrected chi connectivity index (χ4v) is 1.99. The van der Waals surface area contributed by atoms with Crippen molar-refractivity contribution in [1.82, 2.24) is 4.98 Å². The molecular weight excluding hydrogens is 266 g/mol. The Morgan fingerprint density at radius 1 is 1.19 bits per heavy atom. The molecule has 4 heteroatoms. The van der Waals surface area contributed by atoms with Gasteiger partial charge in [0.2, 0.25) is 0 Å². The van der Waals surface area contributed by atoms with Crippen LogP contribution in [-0.2, 0) is 5.41 Å². The smallest absolute Gasteiger partial charge is 0.339 e. The summed E-state index contributed by atoms with van der Waals surface area (Å²) in [5.74, 6) is -0.147. The minimum atomic E-state index is -1.03. The number of benzene rings is 1. The Morgan fingerprint density at radius 2 is 1.90 bits per heavy atom. The van der Waals surface area contributed by atoms with E-state index in [1.807, 2.05) is 19.1 Å². The summed E-state index contributed by atoms with van der Waals surface area (Å²) in [6.07, 6.45) is 2.85. The molecule has 1 N–H and O–H groups in total. The molecular formula is C17H19NO3. The van der Waals surface area contributed by atoms with Gasteiger partial charge in [-0.1, -0.05) is 32.9 Å². The van der Waals surface area contributed by atoms with Crippen molar-refractivity contribution >= 4 is 5.97 Å². The molecule has 2 aromatic rings. The average molecular weight is 285 g/mol. The van der Waals surface area contributed by atoms with Gasteiger partial charge in [-0.15, -0.1) is 0 Å². The molecule has 0 saturated heterocycles. The SMILES string of the molecule is Cc1cc(C(C)(C)C)ccc1Oc1cnccc1C(=O)O. The van der Waals surface area contributed by atoms with Crippen LogP contribution in [0.15, 0.2) is 36.7 Å². The Balaban J connectivity index is 2.35. The first-order valence-electron chi connectivity index (χ1n) is 6.75. The maximum absolute atomic E-state index is 11.2. The van der Waals surface area contributed by atoms with Crippen molar-refractivity contribution in [3.05, 3.63) is 53.3 Å². The standard InChI is InChI=1S/C17H19NO3/c1-11-9-12(17(2,3)4)5-6-14(11)21-15-10-18-8-7-13(15)16(19)20/h5-10H,1-4H3,(H,19,20). The molecule has 0 aliphatic heterocycles. The molecule has 0 radical (unpaired) electrons. The number of aromatic nitrogens is 1. The van der Waals surface area contributed by atoms with Crippen molar-refractivity contribution in [2.75, 3.05) is 0 Å². The predicted molar refractivity (Wildman–Crippen MR) is 81.1 cm³/mol. The summed E-state index contributed by atoms with van der Waals surface area (Å²) < 4.78 is 5.73. The summed E-state index contributed by atoms with van der Waals surface area (Å²) in [5, 5.41) is 9.16. The predicted octanol–water partition coefficient (Wildman–Crippen LogP) is 4.18. The van der Waals surface area contributed by atoms with Crippen molar-refractivity contribution in [1.29, 1.82) is 0 Å². The van der Waals surface area contributed by atoms with Crippen molar-refractivity contribution in [2.45, 2.75) is 33.1 Å². The van der Waals surface area contributed by atoms with Gasteiger partial charge < -0.3 is 9.84 Å². The molecule has 1 aromatic heterocycles. The first-order chi connectivity index (χ1) is 9.79. The van der Waals surface area contributed by atoms with Crippen molar-refractivity contribution < 1.29 is 14.6 Å². The summed E-state index contributed by atoms with van der Waals surface area (Å²) >= 11 is 0. The molecule has 0 saturated carbocycles. The number of nitrogens with zero attached hydrogens (tertiary/aromatic N) is 1. The summed E-state index contributed by atoms with van der Waals surface area (Å²) in [7, 11) is 0. The minimum Gasteiger partial charge on any atom is -0.478 e. The average Bonchev–Trinajstić information content (AvgIpc) is 2.40. The van der Waals surface area contributed by atoms with Gasteiger partial charge in [-0.2, -0.15) is 0 Å². The zero-order chi connectivity index (χ0) is 15.6. The van der Waals surface area contributed by atoms with E-state index >= 15 is 0 Å². The fourth-order valence-electron chi connectivity index (χ4n) is 1.99. The Kier molecular flexibility index (Phi) is 3.98. The molecule has 1 aromatic carbocycles. The van der Waals surface area contributed by atoms with Gasteiger partial charge in [0.1, 0.15) is 11.3 Å². The monoisotopic (exact) mass is 285 g/mol. The number of aryl methyl sites for hydroxylation is 1. The first-order valence-corrected chi connectivity index (χ1v) is 6.75.